The third kappa shape index (κ3) is 3.22. The summed E-state index contributed by atoms with van der Waals surface area (Å²) in [6, 6.07) is 6.42. The maximum atomic E-state index is 4.49. The van der Waals surface area contributed by atoms with Gasteiger partial charge in [0.1, 0.15) is 11.9 Å². The van der Waals surface area contributed by atoms with Crippen LogP contribution in [0.2, 0.25) is 0 Å². The standard InChI is InChI=1S/C15H19N5S/c1-19-10-8-17-15(19)14(13-4-3-11-21-13)16-7-5-12-6-9-20(2)18-12/h3-4,6,8-11,14,16H,5,7H2,1-2H3. The van der Waals surface area contributed by atoms with E-state index in [0.29, 0.717) is 0 Å². The van der Waals surface area contributed by atoms with Crippen LogP contribution in [-0.4, -0.2) is 25.9 Å². The third-order valence-corrected chi connectivity index (χ3v) is 4.38. The molecule has 0 amide bonds. The molecule has 1 unspecified atom stereocenters. The average molecular weight is 301 g/mol. The second-order valence-electron chi connectivity index (χ2n) is 5.03. The molecule has 1 N–H and O–H groups in total. The van der Waals surface area contributed by atoms with Crippen LogP contribution in [0, 0.1) is 0 Å². The number of thiophene rings is 1. The molecular formula is C15H19N5S. The SMILES string of the molecule is Cn1ccc(CCNC(c2cccs2)c2nccn2C)n1. The zero-order valence-corrected chi connectivity index (χ0v) is 13.0. The van der Waals surface area contributed by atoms with Gasteiger partial charge in [-0.05, 0) is 17.5 Å². The van der Waals surface area contributed by atoms with E-state index in [1.54, 1.807) is 11.3 Å². The van der Waals surface area contributed by atoms with E-state index in [0.717, 1.165) is 24.5 Å². The summed E-state index contributed by atoms with van der Waals surface area (Å²) in [7, 11) is 3.97. The summed E-state index contributed by atoms with van der Waals surface area (Å²) in [5.41, 5.74) is 1.11. The highest BCUT2D eigenvalue weighted by Gasteiger charge is 2.18. The van der Waals surface area contributed by atoms with Crippen molar-refractivity contribution >= 4 is 11.3 Å². The van der Waals surface area contributed by atoms with Gasteiger partial charge in [-0.1, -0.05) is 6.07 Å². The second-order valence-corrected chi connectivity index (χ2v) is 6.01. The number of hydrogen-bond acceptors (Lipinski definition) is 4. The fourth-order valence-electron chi connectivity index (χ4n) is 2.37. The minimum absolute atomic E-state index is 0.133. The summed E-state index contributed by atoms with van der Waals surface area (Å²) >= 11 is 1.75. The summed E-state index contributed by atoms with van der Waals surface area (Å²) in [6.45, 7) is 0.868. The first-order valence-electron chi connectivity index (χ1n) is 6.96. The summed E-state index contributed by atoms with van der Waals surface area (Å²) in [4.78, 5) is 5.77. The van der Waals surface area contributed by atoms with Crippen molar-refractivity contribution in [3.8, 4) is 0 Å². The normalized spacial score (nSPS) is 12.7. The van der Waals surface area contributed by atoms with Gasteiger partial charge in [0.2, 0.25) is 0 Å². The van der Waals surface area contributed by atoms with Crippen LogP contribution in [0.5, 0.6) is 0 Å². The maximum absolute atomic E-state index is 4.49. The molecule has 3 aromatic heterocycles. The van der Waals surface area contributed by atoms with Gasteiger partial charge in [-0.15, -0.1) is 11.3 Å². The third-order valence-electron chi connectivity index (χ3n) is 3.44. The van der Waals surface area contributed by atoms with Crippen molar-refractivity contribution in [2.45, 2.75) is 12.5 Å². The lowest BCUT2D eigenvalue weighted by Gasteiger charge is -2.17. The van der Waals surface area contributed by atoms with Crippen molar-refractivity contribution in [3.05, 3.63) is 58.6 Å². The quantitative estimate of drug-likeness (QED) is 0.759. The molecule has 0 saturated heterocycles. The highest BCUT2D eigenvalue weighted by molar-refractivity contribution is 7.10. The zero-order chi connectivity index (χ0) is 14.7. The lowest BCUT2D eigenvalue weighted by atomic mass is 10.2. The predicted molar refractivity (Wildman–Crippen MR) is 84.3 cm³/mol. The van der Waals surface area contributed by atoms with E-state index in [1.807, 2.05) is 37.4 Å². The van der Waals surface area contributed by atoms with Crippen LogP contribution in [0.25, 0.3) is 0 Å². The van der Waals surface area contributed by atoms with Crippen molar-refractivity contribution in [3.63, 3.8) is 0 Å². The number of hydrogen-bond donors (Lipinski definition) is 1. The Balaban J connectivity index is 1.70. The van der Waals surface area contributed by atoms with Gasteiger partial charge < -0.3 is 9.88 Å². The van der Waals surface area contributed by atoms with E-state index < -0.39 is 0 Å². The molecule has 0 aromatic carbocycles. The van der Waals surface area contributed by atoms with Crippen LogP contribution in [0.1, 0.15) is 22.4 Å². The number of aryl methyl sites for hydroxylation is 2. The molecule has 110 valence electrons. The molecule has 0 aliphatic carbocycles. The topological polar surface area (TPSA) is 47.7 Å². The molecule has 0 bridgehead atoms. The molecule has 0 aliphatic rings. The molecule has 1 atom stereocenters. The van der Waals surface area contributed by atoms with E-state index in [-0.39, 0.29) is 6.04 Å². The molecule has 0 radical (unpaired) electrons. The Morgan fingerprint density at radius 1 is 1.29 bits per heavy atom. The van der Waals surface area contributed by atoms with Crippen molar-refractivity contribution in [1.29, 1.82) is 0 Å². The molecule has 0 spiro atoms. The molecule has 5 nitrogen and oxygen atoms in total. The molecule has 0 aliphatic heterocycles. The van der Waals surface area contributed by atoms with Gasteiger partial charge in [0, 0.05) is 50.5 Å². The van der Waals surface area contributed by atoms with Crippen molar-refractivity contribution in [1.82, 2.24) is 24.6 Å². The fraction of sp³-hybridized carbons (Fsp3) is 0.333. The van der Waals surface area contributed by atoms with Crippen LogP contribution in [0.3, 0.4) is 0 Å². The smallest absolute Gasteiger partial charge is 0.131 e. The maximum Gasteiger partial charge on any atom is 0.131 e. The fourth-order valence-corrected chi connectivity index (χ4v) is 3.17. The zero-order valence-electron chi connectivity index (χ0n) is 12.2. The Kier molecular flexibility index (Phi) is 4.17. The van der Waals surface area contributed by atoms with E-state index in [1.165, 1.54) is 4.88 Å². The van der Waals surface area contributed by atoms with Crippen LogP contribution >= 0.6 is 11.3 Å². The molecule has 6 heteroatoms. The Hall–Kier alpha value is -1.92. The highest BCUT2D eigenvalue weighted by atomic mass is 32.1. The summed E-state index contributed by atoms with van der Waals surface area (Å²) < 4.78 is 3.91. The van der Waals surface area contributed by atoms with Gasteiger partial charge in [-0.3, -0.25) is 4.68 Å². The Morgan fingerprint density at radius 3 is 2.81 bits per heavy atom. The minimum Gasteiger partial charge on any atom is -0.336 e. The first-order chi connectivity index (χ1) is 10.2. The molecule has 3 rings (SSSR count). The first kappa shape index (κ1) is 14.0. The highest BCUT2D eigenvalue weighted by Crippen LogP contribution is 2.24. The van der Waals surface area contributed by atoms with Crippen LogP contribution < -0.4 is 5.32 Å². The van der Waals surface area contributed by atoms with Crippen LogP contribution in [0.4, 0.5) is 0 Å². The molecular weight excluding hydrogens is 282 g/mol. The summed E-state index contributed by atoms with van der Waals surface area (Å²) in [5.74, 6) is 1.04. The minimum atomic E-state index is 0.133. The summed E-state index contributed by atoms with van der Waals surface area (Å²) in [6.07, 6.45) is 6.71. The Morgan fingerprint density at radius 2 is 2.19 bits per heavy atom. The van der Waals surface area contributed by atoms with Crippen molar-refractivity contribution in [2.75, 3.05) is 6.54 Å². The number of rotatable bonds is 6. The van der Waals surface area contributed by atoms with Crippen molar-refractivity contribution < 1.29 is 0 Å². The average Bonchev–Trinajstić information content (AvgIpc) is 3.18. The van der Waals surface area contributed by atoms with E-state index >= 15 is 0 Å². The number of aromatic nitrogens is 4. The van der Waals surface area contributed by atoms with Crippen molar-refractivity contribution in [2.24, 2.45) is 14.1 Å². The van der Waals surface area contributed by atoms with Gasteiger partial charge in [0.25, 0.3) is 0 Å². The molecule has 0 fully saturated rings. The molecule has 3 aromatic rings. The molecule has 0 saturated carbocycles. The second kappa shape index (κ2) is 6.24. The van der Waals surface area contributed by atoms with Crippen LogP contribution in [0.15, 0.2) is 42.2 Å². The molecule has 3 heterocycles. The lowest BCUT2D eigenvalue weighted by Crippen LogP contribution is -2.26. The molecule has 21 heavy (non-hydrogen) atoms. The lowest BCUT2D eigenvalue weighted by molar-refractivity contribution is 0.563. The van der Waals surface area contributed by atoms with Gasteiger partial charge in [0.05, 0.1) is 5.69 Å². The largest absolute Gasteiger partial charge is 0.336 e. The van der Waals surface area contributed by atoms with Gasteiger partial charge in [-0.2, -0.15) is 5.10 Å². The van der Waals surface area contributed by atoms with E-state index in [4.69, 9.17) is 0 Å². The Bertz CT molecular complexity index is 683. The Labute approximate surface area is 128 Å². The van der Waals surface area contributed by atoms with Gasteiger partial charge >= 0.3 is 0 Å². The number of nitrogens with zero attached hydrogens (tertiary/aromatic N) is 4. The number of nitrogens with one attached hydrogen (secondary N) is 1. The van der Waals surface area contributed by atoms with E-state index in [9.17, 15) is 0 Å². The van der Waals surface area contributed by atoms with Crippen LogP contribution in [-0.2, 0) is 20.5 Å². The summed E-state index contributed by atoms with van der Waals surface area (Å²) in [5, 5.41) is 10.1. The monoisotopic (exact) mass is 301 g/mol. The first-order valence-corrected chi connectivity index (χ1v) is 7.84. The number of imidazole rings is 1. The van der Waals surface area contributed by atoms with Gasteiger partial charge in [-0.25, -0.2) is 4.98 Å². The van der Waals surface area contributed by atoms with Gasteiger partial charge in [0.15, 0.2) is 0 Å². The predicted octanol–water partition coefficient (Wildman–Crippen LogP) is 2.14. The van der Waals surface area contributed by atoms with E-state index in [2.05, 4.69) is 43.5 Å².